The van der Waals surface area contributed by atoms with Gasteiger partial charge in [-0.2, -0.15) is 0 Å². The molecule has 1 aliphatic carbocycles. The molecule has 0 N–H and O–H groups in total. The molecule has 1 saturated carbocycles. The minimum atomic E-state index is 0.543. The maximum atomic E-state index is 6.01. The van der Waals surface area contributed by atoms with Crippen LogP contribution >= 0.6 is 11.6 Å². The topological polar surface area (TPSA) is 29.0 Å². The van der Waals surface area contributed by atoms with Crippen LogP contribution in [0, 0.1) is 6.92 Å². The Balaban J connectivity index is 2.21. The molecule has 4 heteroatoms. The van der Waals surface area contributed by atoms with Gasteiger partial charge in [-0.05, 0) is 26.7 Å². The maximum Gasteiger partial charge on any atom is 0.134 e. The Kier molecular flexibility index (Phi) is 4.21. The van der Waals surface area contributed by atoms with Gasteiger partial charge in [-0.25, -0.2) is 9.97 Å². The monoisotopic (exact) mass is 253 g/mol. The number of nitrogens with zero attached hydrogens (tertiary/aromatic N) is 3. The van der Waals surface area contributed by atoms with Gasteiger partial charge in [-0.3, -0.25) is 0 Å². The second-order valence-electron chi connectivity index (χ2n) is 4.67. The van der Waals surface area contributed by atoms with Crippen LogP contribution in [0.4, 0.5) is 5.82 Å². The lowest BCUT2D eigenvalue weighted by Crippen LogP contribution is -2.37. The first-order chi connectivity index (χ1) is 8.20. The summed E-state index contributed by atoms with van der Waals surface area (Å²) in [6, 6.07) is 2.51. The third-order valence-corrected chi connectivity index (χ3v) is 3.64. The van der Waals surface area contributed by atoms with Crippen molar-refractivity contribution in [2.75, 3.05) is 11.4 Å². The Morgan fingerprint density at radius 2 is 2.00 bits per heavy atom. The first-order valence-corrected chi connectivity index (χ1v) is 6.86. The van der Waals surface area contributed by atoms with Gasteiger partial charge in [-0.15, -0.1) is 0 Å². The van der Waals surface area contributed by atoms with Gasteiger partial charge in [0.25, 0.3) is 0 Å². The van der Waals surface area contributed by atoms with E-state index in [1.165, 1.54) is 32.1 Å². The minimum absolute atomic E-state index is 0.543. The van der Waals surface area contributed by atoms with Crippen molar-refractivity contribution in [2.24, 2.45) is 0 Å². The van der Waals surface area contributed by atoms with E-state index >= 15 is 0 Å². The maximum absolute atomic E-state index is 6.01. The van der Waals surface area contributed by atoms with Gasteiger partial charge in [0, 0.05) is 18.7 Å². The molecule has 0 bridgehead atoms. The number of hydrogen-bond donors (Lipinski definition) is 0. The zero-order chi connectivity index (χ0) is 12.3. The van der Waals surface area contributed by atoms with Crippen molar-refractivity contribution in [1.29, 1.82) is 0 Å². The summed E-state index contributed by atoms with van der Waals surface area (Å²) in [5, 5.41) is 0.543. The van der Waals surface area contributed by atoms with Crippen LogP contribution in [0.25, 0.3) is 0 Å². The van der Waals surface area contributed by atoms with Crippen LogP contribution in [0.1, 0.15) is 44.9 Å². The molecule has 0 atom stereocenters. The molecule has 2 rings (SSSR count). The molecule has 1 heterocycles. The highest BCUT2D eigenvalue weighted by molar-refractivity contribution is 6.29. The largest absolute Gasteiger partial charge is 0.354 e. The van der Waals surface area contributed by atoms with E-state index in [1.54, 1.807) is 0 Å². The fourth-order valence-electron chi connectivity index (χ4n) is 2.66. The summed E-state index contributed by atoms with van der Waals surface area (Å²) >= 11 is 6.01. The molecule has 0 radical (unpaired) electrons. The lowest BCUT2D eigenvalue weighted by Gasteiger charge is -2.34. The van der Waals surface area contributed by atoms with Crippen molar-refractivity contribution in [2.45, 2.75) is 52.0 Å². The predicted octanol–water partition coefficient (Wildman–Crippen LogP) is 3.60. The highest BCUT2D eigenvalue weighted by Crippen LogP contribution is 2.27. The van der Waals surface area contributed by atoms with Crippen molar-refractivity contribution in [3.8, 4) is 0 Å². The van der Waals surface area contributed by atoms with E-state index in [0.29, 0.717) is 11.2 Å². The first-order valence-electron chi connectivity index (χ1n) is 6.48. The van der Waals surface area contributed by atoms with E-state index in [4.69, 9.17) is 11.6 Å². The van der Waals surface area contributed by atoms with Crippen LogP contribution < -0.4 is 4.90 Å². The van der Waals surface area contributed by atoms with E-state index in [2.05, 4.69) is 21.8 Å². The molecular formula is C13H20ClN3. The molecule has 0 amide bonds. The van der Waals surface area contributed by atoms with E-state index in [-0.39, 0.29) is 0 Å². The van der Waals surface area contributed by atoms with Crippen molar-refractivity contribution < 1.29 is 0 Å². The van der Waals surface area contributed by atoms with Crippen molar-refractivity contribution in [1.82, 2.24) is 9.97 Å². The Labute approximate surface area is 108 Å². The summed E-state index contributed by atoms with van der Waals surface area (Å²) in [6.45, 7) is 5.06. The lowest BCUT2D eigenvalue weighted by atomic mass is 9.94. The molecule has 1 aromatic rings. The Bertz CT molecular complexity index is 355. The summed E-state index contributed by atoms with van der Waals surface area (Å²) in [4.78, 5) is 11.0. The number of aromatic nitrogens is 2. The fraction of sp³-hybridized carbons (Fsp3) is 0.692. The Morgan fingerprint density at radius 1 is 1.29 bits per heavy atom. The molecule has 0 saturated heterocycles. The molecule has 0 aliphatic heterocycles. The van der Waals surface area contributed by atoms with Crippen molar-refractivity contribution in [3.05, 3.63) is 17.0 Å². The van der Waals surface area contributed by atoms with Gasteiger partial charge >= 0.3 is 0 Å². The summed E-state index contributed by atoms with van der Waals surface area (Å²) in [7, 11) is 0. The molecular weight excluding hydrogens is 234 g/mol. The zero-order valence-electron chi connectivity index (χ0n) is 10.6. The number of halogens is 1. The predicted molar refractivity (Wildman–Crippen MR) is 71.7 cm³/mol. The van der Waals surface area contributed by atoms with Gasteiger partial charge in [0.1, 0.15) is 16.8 Å². The van der Waals surface area contributed by atoms with Crippen molar-refractivity contribution >= 4 is 17.4 Å². The van der Waals surface area contributed by atoms with Gasteiger partial charge in [-0.1, -0.05) is 30.9 Å². The van der Waals surface area contributed by atoms with E-state index in [0.717, 1.165) is 18.2 Å². The average Bonchev–Trinajstić information content (AvgIpc) is 2.30. The first kappa shape index (κ1) is 12.6. The number of anilines is 1. The summed E-state index contributed by atoms with van der Waals surface area (Å²) in [5.74, 6) is 1.73. The molecule has 0 aromatic carbocycles. The van der Waals surface area contributed by atoms with E-state index in [1.807, 2.05) is 13.0 Å². The fourth-order valence-corrected chi connectivity index (χ4v) is 2.88. The van der Waals surface area contributed by atoms with Gasteiger partial charge < -0.3 is 4.90 Å². The van der Waals surface area contributed by atoms with Crippen molar-refractivity contribution in [3.63, 3.8) is 0 Å². The quantitative estimate of drug-likeness (QED) is 0.771. The molecule has 1 aromatic heterocycles. The Morgan fingerprint density at radius 3 is 2.59 bits per heavy atom. The van der Waals surface area contributed by atoms with Gasteiger partial charge in [0.15, 0.2) is 0 Å². The normalized spacial score (nSPS) is 17.1. The molecule has 0 spiro atoms. The minimum Gasteiger partial charge on any atom is -0.354 e. The summed E-state index contributed by atoms with van der Waals surface area (Å²) < 4.78 is 0. The zero-order valence-corrected chi connectivity index (χ0v) is 11.4. The summed E-state index contributed by atoms with van der Waals surface area (Å²) in [6.07, 6.45) is 6.58. The Hall–Kier alpha value is -0.830. The molecule has 0 unspecified atom stereocenters. The second-order valence-corrected chi connectivity index (χ2v) is 5.06. The highest BCUT2D eigenvalue weighted by Gasteiger charge is 2.21. The van der Waals surface area contributed by atoms with Crippen LogP contribution in [0.2, 0.25) is 5.15 Å². The summed E-state index contributed by atoms with van der Waals surface area (Å²) in [5.41, 5.74) is 0. The molecule has 94 valence electrons. The second kappa shape index (κ2) is 5.67. The van der Waals surface area contributed by atoms with Crippen LogP contribution in [0.15, 0.2) is 6.07 Å². The number of aryl methyl sites for hydroxylation is 1. The van der Waals surface area contributed by atoms with Crippen LogP contribution in [-0.4, -0.2) is 22.6 Å². The highest BCUT2D eigenvalue weighted by atomic mass is 35.5. The molecule has 1 fully saturated rings. The SMILES string of the molecule is CCN(c1cc(Cl)nc(C)n1)C1CCCCC1. The molecule has 3 nitrogen and oxygen atoms in total. The van der Waals surface area contributed by atoms with E-state index in [9.17, 15) is 0 Å². The smallest absolute Gasteiger partial charge is 0.134 e. The van der Waals surface area contributed by atoms with Crippen LogP contribution in [-0.2, 0) is 0 Å². The van der Waals surface area contributed by atoms with Crippen LogP contribution in [0.3, 0.4) is 0 Å². The number of hydrogen-bond acceptors (Lipinski definition) is 3. The standard InChI is InChI=1S/C13H20ClN3/c1-3-17(11-7-5-4-6-8-11)13-9-12(14)15-10(2)16-13/h9,11H,3-8H2,1-2H3. The lowest BCUT2D eigenvalue weighted by molar-refractivity contribution is 0.416. The molecule has 17 heavy (non-hydrogen) atoms. The number of rotatable bonds is 3. The third kappa shape index (κ3) is 3.09. The van der Waals surface area contributed by atoms with E-state index < -0.39 is 0 Å². The van der Waals surface area contributed by atoms with Crippen LogP contribution in [0.5, 0.6) is 0 Å². The van der Waals surface area contributed by atoms with Gasteiger partial charge in [0.2, 0.25) is 0 Å². The molecule has 1 aliphatic rings. The van der Waals surface area contributed by atoms with Gasteiger partial charge in [0.05, 0.1) is 0 Å². The third-order valence-electron chi connectivity index (χ3n) is 3.44. The average molecular weight is 254 g/mol.